The average molecular weight is 248 g/mol. The molecule has 0 saturated carbocycles. The van der Waals surface area contributed by atoms with Crippen LogP contribution in [-0.2, 0) is 0 Å². The van der Waals surface area contributed by atoms with Crippen molar-refractivity contribution >= 4 is 11.2 Å². The molecule has 0 aliphatic carbocycles. The molecule has 0 amide bonds. The number of nitrogens with one attached hydrogen (secondary N) is 1. The van der Waals surface area contributed by atoms with Crippen LogP contribution in [0.25, 0.3) is 17.1 Å². The Labute approximate surface area is 97.8 Å². The molecule has 0 aliphatic heterocycles. The van der Waals surface area contributed by atoms with E-state index in [9.17, 15) is 14.3 Å². The van der Waals surface area contributed by atoms with Gasteiger partial charge in [0.05, 0.1) is 12.3 Å². The first-order valence-corrected chi connectivity index (χ1v) is 4.80. The van der Waals surface area contributed by atoms with Crippen LogP contribution in [0, 0.1) is 6.08 Å². The first-order chi connectivity index (χ1) is 8.65. The Morgan fingerprint density at radius 1 is 1.39 bits per heavy atom. The van der Waals surface area contributed by atoms with E-state index in [0.717, 1.165) is 10.6 Å². The van der Waals surface area contributed by atoms with E-state index >= 15 is 0 Å². The van der Waals surface area contributed by atoms with E-state index in [1.54, 1.807) is 0 Å². The molecule has 0 spiro atoms. The number of hydrogen-bond acceptors (Lipinski definition) is 6. The van der Waals surface area contributed by atoms with E-state index in [4.69, 9.17) is 0 Å². The number of hydrogen-bond donors (Lipinski definition) is 2. The highest BCUT2D eigenvalue weighted by molar-refractivity contribution is 5.71. The molecule has 0 aliphatic rings. The zero-order valence-electron chi connectivity index (χ0n) is 8.70. The Bertz CT molecular complexity index is 795. The molecule has 0 bridgehead atoms. The highest BCUT2D eigenvalue weighted by Gasteiger charge is 2.15. The number of nitrogens with zero attached hydrogens (tertiary/aromatic N) is 5. The molecule has 0 saturated heterocycles. The Morgan fingerprint density at radius 3 is 3.00 bits per heavy atom. The summed E-state index contributed by atoms with van der Waals surface area (Å²) in [6.45, 7) is 0. The topological polar surface area (TPSA) is 110 Å². The number of halogens is 1. The van der Waals surface area contributed by atoms with Crippen molar-refractivity contribution in [1.29, 1.82) is 0 Å². The Morgan fingerprint density at radius 2 is 2.22 bits per heavy atom. The minimum Gasteiger partial charge on any atom is -0.493 e. The van der Waals surface area contributed by atoms with Crippen molar-refractivity contribution in [2.24, 2.45) is 0 Å². The fraction of sp³-hybridized carbons (Fsp3) is 0. The van der Waals surface area contributed by atoms with Gasteiger partial charge in [0.25, 0.3) is 11.6 Å². The summed E-state index contributed by atoms with van der Waals surface area (Å²) < 4.78 is 14.6. The largest absolute Gasteiger partial charge is 0.493 e. The molecule has 0 aromatic carbocycles. The molecule has 3 aromatic heterocycles. The second-order valence-electron chi connectivity index (χ2n) is 3.38. The molecule has 8 nitrogen and oxygen atoms in total. The van der Waals surface area contributed by atoms with Crippen LogP contribution in [-0.4, -0.2) is 34.6 Å². The summed E-state index contributed by atoms with van der Waals surface area (Å²) in [5.41, 5.74) is -0.271. The lowest BCUT2D eigenvalue weighted by atomic mass is 10.5. The first kappa shape index (κ1) is 10.3. The van der Waals surface area contributed by atoms with Crippen molar-refractivity contribution in [1.82, 2.24) is 29.5 Å². The van der Waals surface area contributed by atoms with Gasteiger partial charge in [-0.05, 0) is 0 Å². The standard InChI is InChI=1S/C9H5FN6O2/c10-8-15-7-4(2-11-3-12-7)16(8)9-13-5(17)1-6(18)14-9/h1-3H,(H2,13,14,17,18). The first-order valence-electron chi connectivity index (χ1n) is 4.80. The fourth-order valence-electron chi connectivity index (χ4n) is 1.54. The number of H-pyrrole nitrogens is 1. The number of aromatic amines is 1. The van der Waals surface area contributed by atoms with Crippen LogP contribution in [0.1, 0.15) is 0 Å². The number of rotatable bonds is 1. The molecule has 9 heteroatoms. The number of aromatic nitrogens is 6. The number of aromatic hydroxyl groups is 1. The van der Waals surface area contributed by atoms with Crippen molar-refractivity contribution in [3.8, 4) is 11.8 Å². The van der Waals surface area contributed by atoms with Crippen molar-refractivity contribution in [3.05, 3.63) is 35.0 Å². The van der Waals surface area contributed by atoms with Crippen LogP contribution >= 0.6 is 0 Å². The Hall–Kier alpha value is -2.84. The molecule has 3 heterocycles. The normalized spacial score (nSPS) is 10.9. The monoisotopic (exact) mass is 248 g/mol. The van der Waals surface area contributed by atoms with Crippen LogP contribution in [0.4, 0.5) is 4.39 Å². The third-order valence-corrected chi connectivity index (χ3v) is 2.22. The summed E-state index contributed by atoms with van der Waals surface area (Å²) in [6, 6.07) is 0.872. The lowest BCUT2D eigenvalue weighted by molar-refractivity contribution is 0.447. The van der Waals surface area contributed by atoms with Gasteiger partial charge in [0.1, 0.15) is 11.8 Å². The Balaban J connectivity index is 2.37. The quantitative estimate of drug-likeness (QED) is 0.574. The fourth-order valence-corrected chi connectivity index (χ4v) is 1.54. The van der Waals surface area contributed by atoms with Gasteiger partial charge in [0.15, 0.2) is 5.65 Å². The predicted molar refractivity (Wildman–Crippen MR) is 56.7 cm³/mol. The third-order valence-electron chi connectivity index (χ3n) is 2.22. The van der Waals surface area contributed by atoms with Crippen LogP contribution in [0.5, 0.6) is 5.88 Å². The molecule has 3 rings (SSSR count). The molecule has 2 N–H and O–H groups in total. The molecular weight excluding hydrogens is 243 g/mol. The zero-order chi connectivity index (χ0) is 12.7. The molecule has 0 radical (unpaired) electrons. The molecular formula is C9H5FN6O2. The highest BCUT2D eigenvalue weighted by atomic mass is 19.1. The van der Waals surface area contributed by atoms with Gasteiger partial charge < -0.3 is 5.11 Å². The summed E-state index contributed by atoms with van der Waals surface area (Å²) in [6.07, 6.45) is 1.62. The maximum absolute atomic E-state index is 13.7. The van der Waals surface area contributed by atoms with Gasteiger partial charge >= 0.3 is 0 Å². The smallest absolute Gasteiger partial charge is 0.298 e. The maximum Gasteiger partial charge on any atom is 0.298 e. The maximum atomic E-state index is 13.7. The number of fused-ring (bicyclic) bond motifs is 1. The number of imidazole rings is 1. The second-order valence-corrected chi connectivity index (χ2v) is 3.38. The van der Waals surface area contributed by atoms with E-state index < -0.39 is 17.5 Å². The summed E-state index contributed by atoms with van der Waals surface area (Å²) in [4.78, 5) is 28.2. The Kier molecular flexibility index (Phi) is 2.06. The summed E-state index contributed by atoms with van der Waals surface area (Å²) in [5.74, 6) is -0.721. The van der Waals surface area contributed by atoms with Crippen molar-refractivity contribution < 1.29 is 9.50 Å². The lowest BCUT2D eigenvalue weighted by Gasteiger charge is -2.02. The van der Waals surface area contributed by atoms with Crippen molar-refractivity contribution in [2.45, 2.75) is 0 Å². The highest BCUT2D eigenvalue weighted by Crippen LogP contribution is 2.15. The van der Waals surface area contributed by atoms with Gasteiger partial charge in [-0.2, -0.15) is 14.4 Å². The van der Waals surface area contributed by atoms with Gasteiger partial charge in [-0.25, -0.2) is 14.5 Å². The van der Waals surface area contributed by atoms with E-state index in [1.807, 2.05) is 0 Å². The van der Waals surface area contributed by atoms with Gasteiger partial charge in [-0.1, -0.05) is 0 Å². The molecule has 3 aromatic rings. The summed E-state index contributed by atoms with van der Waals surface area (Å²) in [7, 11) is 0. The molecule has 0 fully saturated rings. The second kappa shape index (κ2) is 3.58. The summed E-state index contributed by atoms with van der Waals surface area (Å²) >= 11 is 0. The van der Waals surface area contributed by atoms with E-state index in [2.05, 4.69) is 24.9 Å². The van der Waals surface area contributed by atoms with E-state index in [0.29, 0.717) is 0 Å². The SMILES string of the molecule is O=c1cc(O)nc(-n2c(F)nc3ncncc32)[nH]1. The van der Waals surface area contributed by atoms with Crippen molar-refractivity contribution in [2.75, 3.05) is 0 Å². The van der Waals surface area contributed by atoms with E-state index in [-0.39, 0.29) is 17.1 Å². The zero-order valence-corrected chi connectivity index (χ0v) is 8.70. The molecule has 90 valence electrons. The van der Waals surface area contributed by atoms with Crippen LogP contribution < -0.4 is 5.56 Å². The van der Waals surface area contributed by atoms with Crippen LogP contribution in [0.3, 0.4) is 0 Å². The van der Waals surface area contributed by atoms with E-state index in [1.165, 1.54) is 12.5 Å². The van der Waals surface area contributed by atoms with Crippen LogP contribution in [0.2, 0.25) is 0 Å². The minimum atomic E-state index is -0.917. The average Bonchev–Trinajstić information content (AvgIpc) is 2.63. The predicted octanol–water partition coefficient (Wildman–Crippen LogP) is -0.257. The molecule has 18 heavy (non-hydrogen) atoms. The third kappa shape index (κ3) is 1.49. The van der Waals surface area contributed by atoms with Gasteiger partial charge in [0.2, 0.25) is 11.8 Å². The van der Waals surface area contributed by atoms with Gasteiger partial charge in [0, 0.05) is 0 Å². The molecule has 0 unspecified atom stereocenters. The van der Waals surface area contributed by atoms with Gasteiger partial charge in [-0.15, -0.1) is 0 Å². The minimum absolute atomic E-state index is 0.119. The summed E-state index contributed by atoms with van der Waals surface area (Å²) in [5, 5.41) is 9.24. The van der Waals surface area contributed by atoms with Crippen molar-refractivity contribution in [3.63, 3.8) is 0 Å². The van der Waals surface area contributed by atoms with Gasteiger partial charge in [-0.3, -0.25) is 9.78 Å². The molecule has 0 atom stereocenters. The lowest BCUT2D eigenvalue weighted by Crippen LogP contribution is -2.12. The van der Waals surface area contributed by atoms with Crippen LogP contribution in [0.15, 0.2) is 23.4 Å².